The number of rotatable bonds is 4. The van der Waals surface area contributed by atoms with Crippen LogP contribution in [0.4, 0.5) is 0 Å². The highest BCUT2D eigenvalue weighted by Gasteiger charge is 2.25. The smallest absolute Gasteiger partial charge is 0.240 e. The molecule has 86 valence electrons. The van der Waals surface area contributed by atoms with Crippen LogP contribution in [0.2, 0.25) is 0 Å². The summed E-state index contributed by atoms with van der Waals surface area (Å²) >= 11 is 1.55. The van der Waals surface area contributed by atoms with Gasteiger partial charge in [-0.3, -0.25) is 9.59 Å². The molecule has 1 aliphatic heterocycles. The second-order valence-electron chi connectivity index (χ2n) is 4.35. The van der Waals surface area contributed by atoms with Gasteiger partial charge in [0, 0.05) is 5.54 Å². The molecule has 1 fully saturated rings. The highest BCUT2D eigenvalue weighted by atomic mass is 32.2. The van der Waals surface area contributed by atoms with Crippen LogP contribution in [0.5, 0.6) is 0 Å². The molecular weight excluding hydrogens is 212 g/mol. The van der Waals surface area contributed by atoms with Crippen molar-refractivity contribution in [3.05, 3.63) is 0 Å². The Morgan fingerprint density at radius 2 is 2.27 bits per heavy atom. The summed E-state index contributed by atoms with van der Waals surface area (Å²) in [7, 11) is 0. The van der Waals surface area contributed by atoms with Gasteiger partial charge in [0.25, 0.3) is 0 Å². The Labute approximate surface area is 94.8 Å². The SMILES string of the molecule is CCC(C)(C)NC(=O)CN1CSCC1=O. The molecule has 1 saturated heterocycles. The van der Waals surface area contributed by atoms with Crippen LogP contribution in [-0.2, 0) is 9.59 Å². The predicted octanol–water partition coefficient (Wildman–Crippen LogP) is 0.824. The van der Waals surface area contributed by atoms with Crippen LogP contribution < -0.4 is 5.32 Å². The van der Waals surface area contributed by atoms with Crippen molar-refractivity contribution in [1.82, 2.24) is 10.2 Å². The highest BCUT2D eigenvalue weighted by molar-refractivity contribution is 8.00. The number of nitrogens with one attached hydrogen (secondary N) is 1. The number of amides is 2. The average Bonchev–Trinajstić information content (AvgIpc) is 2.51. The Bertz CT molecular complexity index is 266. The van der Waals surface area contributed by atoms with Gasteiger partial charge in [-0.15, -0.1) is 11.8 Å². The van der Waals surface area contributed by atoms with Crippen molar-refractivity contribution in [2.24, 2.45) is 0 Å². The molecule has 1 heterocycles. The number of nitrogens with zero attached hydrogens (tertiary/aromatic N) is 1. The number of hydrogen-bond donors (Lipinski definition) is 1. The van der Waals surface area contributed by atoms with E-state index in [0.717, 1.165) is 6.42 Å². The number of thioether (sulfide) groups is 1. The number of hydrogen-bond acceptors (Lipinski definition) is 3. The summed E-state index contributed by atoms with van der Waals surface area (Å²) in [5, 5.41) is 2.91. The molecule has 4 nitrogen and oxygen atoms in total. The van der Waals surface area contributed by atoms with Gasteiger partial charge < -0.3 is 10.2 Å². The lowest BCUT2D eigenvalue weighted by molar-refractivity contribution is -0.133. The van der Waals surface area contributed by atoms with Gasteiger partial charge >= 0.3 is 0 Å². The van der Waals surface area contributed by atoms with Crippen LogP contribution in [0.15, 0.2) is 0 Å². The van der Waals surface area contributed by atoms with Crippen molar-refractivity contribution in [2.45, 2.75) is 32.7 Å². The monoisotopic (exact) mass is 230 g/mol. The molecule has 15 heavy (non-hydrogen) atoms. The van der Waals surface area contributed by atoms with Gasteiger partial charge in [-0.1, -0.05) is 6.92 Å². The van der Waals surface area contributed by atoms with Crippen molar-refractivity contribution < 1.29 is 9.59 Å². The Morgan fingerprint density at radius 3 is 2.73 bits per heavy atom. The van der Waals surface area contributed by atoms with Crippen molar-refractivity contribution in [3.8, 4) is 0 Å². The topological polar surface area (TPSA) is 49.4 Å². The normalized spacial score (nSPS) is 17.0. The number of carbonyl (C=O) groups is 2. The Morgan fingerprint density at radius 1 is 1.60 bits per heavy atom. The van der Waals surface area contributed by atoms with E-state index in [4.69, 9.17) is 0 Å². The number of carbonyl (C=O) groups excluding carboxylic acids is 2. The van der Waals surface area contributed by atoms with Gasteiger partial charge in [0.05, 0.1) is 11.6 Å². The second-order valence-corrected chi connectivity index (χ2v) is 5.31. The summed E-state index contributed by atoms with van der Waals surface area (Å²) < 4.78 is 0. The van der Waals surface area contributed by atoms with E-state index in [-0.39, 0.29) is 23.9 Å². The first-order valence-electron chi connectivity index (χ1n) is 5.11. The quantitative estimate of drug-likeness (QED) is 0.778. The minimum absolute atomic E-state index is 0.0597. The van der Waals surface area contributed by atoms with E-state index >= 15 is 0 Å². The van der Waals surface area contributed by atoms with E-state index in [1.54, 1.807) is 16.7 Å². The molecule has 5 heteroatoms. The van der Waals surface area contributed by atoms with Crippen LogP contribution in [0.25, 0.3) is 0 Å². The first-order chi connectivity index (χ1) is 6.94. The molecule has 0 aromatic carbocycles. The molecule has 0 saturated carbocycles. The third kappa shape index (κ3) is 3.74. The lowest BCUT2D eigenvalue weighted by Gasteiger charge is -2.25. The molecule has 0 aromatic rings. The summed E-state index contributed by atoms with van der Waals surface area (Å²) in [5.74, 6) is 1.13. The van der Waals surface area contributed by atoms with E-state index in [1.165, 1.54) is 0 Å². The van der Waals surface area contributed by atoms with Crippen molar-refractivity contribution in [3.63, 3.8) is 0 Å². The first kappa shape index (κ1) is 12.4. The van der Waals surface area contributed by atoms with Crippen LogP contribution >= 0.6 is 11.8 Å². The summed E-state index contributed by atoms with van der Waals surface area (Å²) in [6.07, 6.45) is 0.876. The Kier molecular flexibility index (Phi) is 4.02. The van der Waals surface area contributed by atoms with Crippen molar-refractivity contribution in [1.29, 1.82) is 0 Å². The van der Waals surface area contributed by atoms with Gasteiger partial charge in [0.2, 0.25) is 11.8 Å². The molecule has 1 rings (SSSR count). The summed E-state index contributed by atoms with van der Waals surface area (Å²) in [6.45, 7) is 6.17. The molecule has 0 aliphatic carbocycles. The van der Waals surface area contributed by atoms with Crippen LogP contribution in [0.3, 0.4) is 0 Å². The maximum Gasteiger partial charge on any atom is 0.240 e. The van der Waals surface area contributed by atoms with Gasteiger partial charge in [-0.2, -0.15) is 0 Å². The van der Waals surface area contributed by atoms with Crippen LogP contribution in [0, 0.1) is 0 Å². The summed E-state index contributed by atoms with van der Waals surface area (Å²) in [5.41, 5.74) is -0.188. The van der Waals surface area contributed by atoms with Gasteiger partial charge in [0.15, 0.2) is 0 Å². The zero-order valence-corrected chi connectivity index (χ0v) is 10.3. The highest BCUT2D eigenvalue weighted by Crippen LogP contribution is 2.14. The molecule has 0 unspecified atom stereocenters. The Hall–Kier alpha value is -0.710. The lowest BCUT2D eigenvalue weighted by Crippen LogP contribution is -2.47. The molecule has 1 N–H and O–H groups in total. The van der Waals surface area contributed by atoms with E-state index in [1.807, 2.05) is 20.8 Å². The zero-order valence-electron chi connectivity index (χ0n) is 9.50. The average molecular weight is 230 g/mol. The Balaban J connectivity index is 2.39. The van der Waals surface area contributed by atoms with Gasteiger partial charge in [-0.25, -0.2) is 0 Å². The fourth-order valence-corrected chi connectivity index (χ4v) is 2.12. The van der Waals surface area contributed by atoms with Crippen molar-refractivity contribution >= 4 is 23.6 Å². The molecule has 0 radical (unpaired) electrons. The molecule has 0 spiro atoms. The summed E-state index contributed by atoms with van der Waals surface area (Å²) in [4.78, 5) is 24.5. The maximum atomic E-state index is 11.6. The minimum Gasteiger partial charge on any atom is -0.350 e. The zero-order chi connectivity index (χ0) is 11.5. The fraction of sp³-hybridized carbons (Fsp3) is 0.800. The third-order valence-corrected chi connectivity index (χ3v) is 3.47. The standard InChI is InChI=1S/C10H18N2O2S/c1-4-10(2,3)11-8(13)5-12-7-15-6-9(12)14/h4-7H2,1-3H3,(H,11,13). The summed E-state index contributed by atoms with van der Waals surface area (Å²) in [6, 6.07) is 0. The third-order valence-electron chi connectivity index (χ3n) is 2.52. The maximum absolute atomic E-state index is 11.6. The predicted molar refractivity (Wildman–Crippen MR) is 61.6 cm³/mol. The molecule has 2 amide bonds. The molecular formula is C10H18N2O2S. The largest absolute Gasteiger partial charge is 0.350 e. The molecule has 0 aromatic heterocycles. The van der Waals surface area contributed by atoms with Crippen LogP contribution in [0.1, 0.15) is 27.2 Å². The van der Waals surface area contributed by atoms with E-state index in [0.29, 0.717) is 11.6 Å². The van der Waals surface area contributed by atoms with E-state index in [9.17, 15) is 9.59 Å². The van der Waals surface area contributed by atoms with Gasteiger partial charge in [-0.05, 0) is 20.3 Å². The van der Waals surface area contributed by atoms with Crippen LogP contribution in [-0.4, -0.2) is 40.4 Å². The minimum atomic E-state index is -0.188. The first-order valence-corrected chi connectivity index (χ1v) is 6.26. The van der Waals surface area contributed by atoms with E-state index in [2.05, 4.69) is 5.32 Å². The van der Waals surface area contributed by atoms with Crippen molar-refractivity contribution in [2.75, 3.05) is 18.2 Å². The molecule has 1 aliphatic rings. The fourth-order valence-electron chi connectivity index (χ4n) is 1.22. The van der Waals surface area contributed by atoms with E-state index < -0.39 is 0 Å². The van der Waals surface area contributed by atoms with Gasteiger partial charge in [0.1, 0.15) is 6.54 Å². The second kappa shape index (κ2) is 4.88. The molecule has 0 atom stereocenters. The lowest BCUT2D eigenvalue weighted by atomic mass is 10.0. The molecule has 0 bridgehead atoms.